The van der Waals surface area contributed by atoms with E-state index in [1.807, 2.05) is 13.8 Å². The molecule has 0 saturated carbocycles. The molecule has 25 heavy (non-hydrogen) atoms. The molecule has 1 amide bonds. The Balaban J connectivity index is 1.99. The number of hydrogen-bond acceptors (Lipinski definition) is 4. The van der Waals surface area contributed by atoms with E-state index in [1.165, 1.54) is 21.7 Å². The van der Waals surface area contributed by atoms with Crippen LogP contribution < -0.4 is 0 Å². The molecule has 2 heterocycles. The maximum atomic E-state index is 13.5. The topological polar surface area (TPSA) is 88.3 Å². The number of carbonyl (C=O) groups is 2. The fraction of sp³-hybridized carbons (Fsp3) is 0.412. The van der Waals surface area contributed by atoms with Gasteiger partial charge in [0.15, 0.2) is 0 Å². The van der Waals surface area contributed by atoms with E-state index in [2.05, 4.69) is 10.1 Å². The van der Waals surface area contributed by atoms with Gasteiger partial charge in [0.25, 0.3) is 5.91 Å². The molecule has 1 saturated heterocycles. The second kappa shape index (κ2) is 6.62. The minimum absolute atomic E-state index is 0.0498. The summed E-state index contributed by atoms with van der Waals surface area (Å²) >= 11 is 0. The van der Waals surface area contributed by atoms with Crippen molar-refractivity contribution in [1.29, 1.82) is 0 Å². The number of amides is 1. The number of likely N-dealkylation sites (tertiary alicyclic amines) is 1. The normalized spacial score (nSPS) is 17.3. The lowest BCUT2D eigenvalue weighted by atomic mass is 10.2. The molecule has 1 aromatic carbocycles. The molecule has 1 atom stereocenters. The van der Waals surface area contributed by atoms with E-state index in [0.29, 0.717) is 30.9 Å². The third-order valence-electron chi connectivity index (χ3n) is 4.19. The lowest BCUT2D eigenvalue weighted by Crippen LogP contribution is -2.40. The first-order chi connectivity index (χ1) is 11.9. The molecule has 1 fully saturated rings. The number of aliphatic carboxylic acids is 1. The van der Waals surface area contributed by atoms with E-state index < -0.39 is 23.7 Å². The van der Waals surface area contributed by atoms with Crippen LogP contribution in [0.2, 0.25) is 0 Å². The molecule has 3 rings (SSSR count). The zero-order valence-electron chi connectivity index (χ0n) is 14.0. The van der Waals surface area contributed by atoms with Gasteiger partial charge in [0, 0.05) is 12.5 Å². The number of carbonyl (C=O) groups excluding carboxylic acids is 1. The minimum Gasteiger partial charge on any atom is -0.480 e. The summed E-state index contributed by atoms with van der Waals surface area (Å²) in [6, 6.07) is 5.01. The fourth-order valence-corrected chi connectivity index (χ4v) is 2.98. The Labute approximate surface area is 144 Å². The van der Waals surface area contributed by atoms with Crippen LogP contribution >= 0.6 is 0 Å². The van der Waals surface area contributed by atoms with Gasteiger partial charge in [-0.3, -0.25) is 4.79 Å². The largest absolute Gasteiger partial charge is 0.480 e. The Morgan fingerprint density at radius 2 is 2.12 bits per heavy atom. The van der Waals surface area contributed by atoms with E-state index in [9.17, 15) is 19.1 Å². The predicted octanol–water partition coefficient (Wildman–Crippen LogP) is 2.22. The number of rotatable bonds is 4. The first-order valence-corrected chi connectivity index (χ1v) is 8.15. The van der Waals surface area contributed by atoms with Crippen molar-refractivity contribution in [2.75, 3.05) is 6.54 Å². The molecule has 7 nitrogen and oxygen atoms in total. The van der Waals surface area contributed by atoms with Crippen molar-refractivity contribution in [2.24, 2.45) is 0 Å². The first-order valence-electron chi connectivity index (χ1n) is 8.15. The Morgan fingerprint density at radius 3 is 2.76 bits per heavy atom. The summed E-state index contributed by atoms with van der Waals surface area (Å²) in [6.45, 7) is 4.15. The summed E-state index contributed by atoms with van der Waals surface area (Å²) in [5.74, 6) is -1.56. The number of carboxylic acids is 1. The Kier molecular flexibility index (Phi) is 4.52. The third kappa shape index (κ3) is 3.24. The molecule has 0 bridgehead atoms. The number of benzene rings is 1. The van der Waals surface area contributed by atoms with Crippen LogP contribution in [-0.4, -0.2) is 49.2 Å². The van der Waals surface area contributed by atoms with Crippen molar-refractivity contribution in [3.05, 3.63) is 41.7 Å². The Morgan fingerprint density at radius 1 is 1.36 bits per heavy atom. The van der Waals surface area contributed by atoms with Crippen LogP contribution in [0.25, 0.3) is 5.69 Å². The van der Waals surface area contributed by atoms with Gasteiger partial charge in [0.2, 0.25) is 5.82 Å². The summed E-state index contributed by atoms with van der Waals surface area (Å²) in [4.78, 5) is 29.6. The van der Waals surface area contributed by atoms with Crippen LogP contribution in [0.5, 0.6) is 0 Å². The van der Waals surface area contributed by atoms with Gasteiger partial charge in [-0.15, -0.1) is 5.10 Å². The van der Waals surface area contributed by atoms with Gasteiger partial charge >= 0.3 is 5.97 Å². The first kappa shape index (κ1) is 17.1. The molecule has 1 aliphatic rings. The molecule has 1 aromatic heterocycles. The molecule has 8 heteroatoms. The van der Waals surface area contributed by atoms with Crippen LogP contribution in [0.4, 0.5) is 4.39 Å². The molecule has 132 valence electrons. The lowest BCUT2D eigenvalue weighted by molar-refractivity contribution is -0.141. The number of aromatic nitrogens is 3. The average Bonchev–Trinajstić information content (AvgIpc) is 3.21. The lowest BCUT2D eigenvalue weighted by Gasteiger charge is -2.19. The number of nitrogens with zero attached hydrogens (tertiary/aromatic N) is 4. The molecule has 1 N–H and O–H groups in total. The second-order valence-electron chi connectivity index (χ2n) is 6.33. The molecule has 0 spiro atoms. The van der Waals surface area contributed by atoms with Gasteiger partial charge in [0.05, 0.1) is 5.69 Å². The quantitative estimate of drug-likeness (QED) is 0.917. The highest BCUT2D eigenvalue weighted by Gasteiger charge is 2.36. The van der Waals surface area contributed by atoms with Crippen molar-refractivity contribution in [3.63, 3.8) is 0 Å². The highest BCUT2D eigenvalue weighted by atomic mass is 19.1. The average molecular weight is 346 g/mol. The molecular weight excluding hydrogens is 327 g/mol. The molecule has 0 aliphatic carbocycles. The molecule has 0 unspecified atom stereocenters. The van der Waals surface area contributed by atoms with Crippen molar-refractivity contribution < 1.29 is 19.1 Å². The summed E-state index contributed by atoms with van der Waals surface area (Å²) in [6.07, 6.45) is 1.05. The smallest absolute Gasteiger partial charge is 0.326 e. The molecule has 1 aliphatic heterocycles. The second-order valence-corrected chi connectivity index (χ2v) is 6.33. The van der Waals surface area contributed by atoms with Gasteiger partial charge in [-0.2, -0.15) is 0 Å². The third-order valence-corrected chi connectivity index (χ3v) is 4.19. The van der Waals surface area contributed by atoms with Crippen molar-refractivity contribution in [3.8, 4) is 5.69 Å². The van der Waals surface area contributed by atoms with Gasteiger partial charge < -0.3 is 10.0 Å². The monoisotopic (exact) mass is 346 g/mol. The SMILES string of the molecule is CC(C)c1nc(C(=O)N2CCC[C@H]2C(=O)O)nn1-c1cccc(F)c1. The van der Waals surface area contributed by atoms with Gasteiger partial charge in [-0.05, 0) is 31.0 Å². The maximum absolute atomic E-state index is 13.5. The summed E-state index contributed by atoms with van der Waals surface area (Å²) in [5.41, 5.74) is 0.464. The number of hydrogen-bond donors (Lipinski definition) is 1. The Bertz CT molecular complexity index is 818. The van der Waals surface area contributed by atoms with Crippen LogP contribution in [0, 0.1) is 5.82 Å². The van der Waals surface area contributed by atoms with Gasteiger partial charge in [-0.25, -0.2) is 18.9 Å². The predicted molar refractivity (Wildman–Crippen MR) is 87.1 cm³/mol. The Hall–Kier alpha value is -2.77. The van der Waals surface area contributed by atoms with Crippen molar-refractivity contribution >= 4 is 11.9 Å². The zero-order chi connectivity index (χ0) is 18.1. The zero-order valence-corrected chi connectivity index (χ0v) is 14.0. The van der Waals surface area contributed by atoms with Crippen LogP contribution in [0.1, 0.15) is 49.1 Å². The van der Waals surface area contributed by atoms with Gasteiger partial charge in [-0.1, -0.05) is 19.9 Å². The van der Waals surface area contributed by atoms with Crippen LogP contribution in [-0.2, 0) is 4.79 Å². The van der Waals surface area contributed by atoms with E-state index in [-0.39, 0.29) is 11.7 Å². The summed E-state index contributed by atoms with van der Waals surface area (Å²) in [7, 11) is 0. The van der Waals surface area contributed by atoms with E-state index in [0.717, 1.165) is 0 Å². The van der Waals surface area contributed by atoms with E-state index in [1.54, 1.807) is 12.1 Å². The molecule has 0 radical (unpaired) electrons. The minimum atomic E-state index is -1.03. The van der Waals surface area contributed by atoms with Crippen LogP contribution in [0.15, 0.2) is 24.3 Å². The highest BCUT2D eigenvalue weighted by Crippen LogP contribution is 2.22. The van der Waals surface area contributed by atoms with E-state index >= 15 is 0 Å². The number of carboxylic acid groups (broad SMARTS) is 1. The van der Waals surface area contributed by atoms with Crippen molar-refractivity contribution in [2.45, 2.75) is 38.6 Å². The molecular formula is C17H19FN4O3. The van der Waals surface area contributed by atoms with Gasteiger partial charge in [0.1, 0.15) is 17.7 Å². The highest BCUT2D eigenvalue weighted by molar-refractivity contribution is 5.94. The summed E-state index contributed by atoms with van der Waals surface area (Å²) in [5, 5.41) is 13.5. The standard InChI is InChI=1S/C17H19FN4O3/c1-10(2)15-19-14(16(23)21-8-4-7-13(21)17(24)25)20-22(15)12-6-3-5-11(18)9-12/h3,5-6,9-10,13H,4,7-8H2,1-2H3,(H,24,25)/t13-/m0/s1. The molecule has 2 aromatic rings. The fourth-order valence-electron chi connectivity index (χ4n) is 2.98. The van der Waals surface area contributed by atoms with E-state index in [4.69, 9.17) is 0 Å². The van der Waals surface area contributed by atoms with Crippen molar-refractivity contribution in [1.82, 2.24) is 19.7 Å². The maximum Gasteiger partial charge on any atom is 0.326 e. The van der Waals surface area contributed by atoms with Crippen LogP contribution in [0.3, 0.4) is 0 Å². The summed E-state index contributed by atoms with van der Waals surface area (Å²) < 4.78 is 15.0. The number of halogens is 1.